The Labute approximate surface area is 162 Å². The van der Waals surface area contributed by atoms with Crippen molar-refractivity contribution in [3.05, 3.63) is 72.3 Å². The van der Waals surface area contributed by atoms with Crippen LogP contribution in [-0.4, -0.2) is 43.5 Å². The molecule has 27 heavy (non-hydrogen) atoms. The molecule has 1 aliphatic heterocycles. The van der Waals surface area contributed by atoms with Gasteiger partial charge in [0.25, 0.3) is 5.91 Å². The van der Waals surface area contributed by atoms with Crippen molar-refractivity contribution in [1.29, 1.82) is 0 Å². The zero-order chi connectivity index (χ0) is 18.5. The molecule has 0 radical (unpaired) electrons. The lowest BCUT2D eigenvalue weighted by molar-refractivity contribution is -0.907. The lowest BCUT2D eigenvalue weighted by Crippen LogP contribution is -3.15. The van der Waals surface area contributed by atoms with E-state index in [0.717, 1.165) is 43.2 Å². The van der Waals surface area contributed by atoms with Crippen molar-refractivity contribution in [1.82, 2.24) is 4.90 Å². The third kappa shape index (κ3) is 4.48. The van der Waals surface area contributed by atoms with Crippen LogP contribution in [0, 0.1) is 5.92 Å². The molecule has 0 aromatic heterocycles. The summed E-state index contributed by atoms with van der Waals surface area (Å²) < 4.78 is 0. The van der Waals surface area contributed by atoms with Crippen LogP contribution in [0.4, 0.5) is 0 Å². The van der Waals surface area contributed by atoms with Gasteiger partial charge in [-0.3, -0.25) is 4.79 Å². The van der Waals surface area contributed by atoms with Gasteiger partial charge in [-0.2, -0.15) is 0 Å². The summed E-state index contributed by atoms with van der Waals surface area (Å²) in [5, 5.41) is 0. The van der Waals surface area contributed by atoms with E-state index in [1.807, 2.05) is 35.2 Å². The molecule has 1 amide bonds. The number of piperazine rings is 1. The van der Waals surface area contributed by atoms with Gasteiger partial charge in [0.2, 0.25) is 0 Å². The Morgan fingerprint density at radius 3 is 2.30 bits per heavy atom. The van der Waals surface area contributed by atoms with Crippen LogP contribution in [0.15, 0.2) is 66.7 Å². The smallest absolute Gasteiger partial charge is 0.254 e. The number of hydrogen-bond donors (Lipinski definition) is 1. The molecule has 2 aliphatic rings. The van der Waals surface area contributed by atoms with Gasteiger partial charge in [-0.1, -0.05) is 54.6 Å². The van der Waals surface area contributed by atoms with E-state index in [1.54, 1.807) is 4.90 Å². The van der Waals surface area contributed by atoms with E-state index in [2.05, 4.69) is 36.4 Å². The third-order valence-corrected chi connectivity index (χ3v) is 5.95. The first kappa shape index (κ1) is 18.0. The molecule has 1 atom stereocenters. The van der Waals surface area contributed by atoms with Crippen LogP contribution in [0.5, 0.6) is 0 Å². The van der Waals surface area contributed by atoms with Crippen LogP contribution < -0.4 is 4.90 Å². The lowest BCUT2D eigenvalue weighted by Gasteiger charge is -2.34. The zero-order valence-corrected chi connectivity index (χ0v) is 15.9. The Balaban J connectivity index is 1.32. The number of quaternary nitrogens is 1. The second-order valence-corrected chi connectivity index (χ2v) is 7.84. The standard InChI is InChI=1S/C24H28N2O/c27-24(23-13-11-22(12-14-23)21-9-5-2-6-10-21)26-17-15-25(16-18-26)19-20-7-3-1-4-8-20/h1-3,5-6,9-14,20H,4,7-8,15-19H2/p+1/t20-/m0/s1. The predicted molar refractivity (Wildman–Crippen MR) is 110 cm³/mol. The average Bonchev–Trinajstić information content (AvgIpc) is 2.75. The second kappa shape index (κ2) is 8.53. The van der Waals surface area contributed by atoms with E-state index in [9.17, 15) is 4.79 Å². The number of carbonyl (C=O) groups is 1. The van der Waals surface area contributed by atoms with Gasteiger partial charge in [-0.15, -0.1) is 0 Å². The molecular weight excluding hydrogens is 332 g/mol. The summed E-state index contributed by atoms with van der Waals surface area (Å²) in [6, 6.07) is 18.4. The fourth-order valence-corrected chi connectivity index (χ4v) is 4.30. The van der Waals surface area contributed by atoms with Crippen LogP contribution in [0.1, 0.15) is 29.6 Å². The van der Waals surface area contributed by atoms with E-state index in [1.165, 1.54) is 31.4 Å². The molecule has 140 valence electrons. The summed E-state index contributed by atoms with van der Waals surface area (Å²) in [4.78, 5) is 16.5. The molecule has 0 bridgehead atoms. The molecule has 1 saturated heterocycles. The predicted octanol–water partition coefficient (Wildman–Crippen LogP) is 3.05. The van der Waals surface area contributed by atoms with E-state index in [-0.39, 0.29) is 5.91 Å². The van der Waals surface area contributed by atoms with Crippen molar-refractivity contribution in [3.8, 4) is 11.1 Å². The number of hydrogen-bond acceptors (Lipinski definition) is 1. The summed E-state index contributed by atoms with van der Waals surface area (Å²) in [5.41, 5.74) is 3.14. The number of amides is 1. The van der Waals surface area contributed by atoms with Gasteiger partial charge in [-0.05, 0) is 42.5 Å². The number of nitrogens with zero attached hydrogens (tertiary/aromatic N) is 1. The molecule has 2 aromatic rings. The molecular formula is C24H29N2O+. The summed E-state index contributed by atoms with van der Waals surface area (Å²) >= 11 is 0. The van der Waals surface area contributed by atoms with Crippen LogP contribution in [0.2, 0.25) is 0 Å². The van der Waals surface area contributed by atoms with Crippen LogP contribution in [0.25, 0.3) is 11.1 Å². The van der Waals surface area contributed by atoms with Crippen molar-refractivity contribution in [2.45, 2.75) is 19.3 Å². The summed E-state index contributed by atoms with van der Waals surface area (Å²) in [5.74, 6) is 1.01. The molecule has 2 aromatic carbocycles. The maximum Gasteiger partial charge on any atom is 0.254 e. The fourth-order valence-electron chi connectivity index (χ4n) is 4.30. The Hall–Kier alpha value is -2.39. The van der Waals surface area contributed by atoms with Crippen molar-refractivity contribution in [2.75, 3.05) is 32.7 Å². The first-order chi connectivity index (χ1) is 13.3. The minimum absolute atomic E-state index is 0.175. The molecule has 1 aliphatic carbocycles. The van der Waals surface area contributed by atoms with Gasteiger partial charge in [0.15, 0.2) is 0 Å². The molecule has 0 saturated carbocycles. The van der Waals surface area contributed by atoms with Gasteiger partial charge in [0, 0.05) is 11.5 Å². The lowest BCUT2D eigenvalue weighted by atomic mass is 9.94. The minimum Gasteiger partial charge on any atom is -0.332 e. The van der Waals surface area contributed by atoms with E-state index in [0.29, 0.717) is 0 Å². The maximum atomic E-state index is 12.9. The van der Waals surface area contributed by atoms with Crippen molar-refractivity contribution >= 4 is 5.91 Å². The Morgan fingerprint density at radius 2 is 1.63 bits per heavy atom. The summed E-state index contributed by atoms with van der Waals surface area (Å²) in [6.45, 7) is 5.16. The van der Waals surface area contributed by atoms with Gasteiger partial charge in [-0.25, -0.2) is 0 Å². The largest absolute Gasteiger partial charge is 0.332 e. The molecule has 1 heterocycles. The highest BCUT2D eigenvalue weighted by atomic mass is 16.2. The number of rotatable bonds is 4. The fraction of sp³-hybridized carbons (Fsp3) is 0.375. The van der Waals surface area contributed by atoms with Crippen molar-refractivity contribution < 1.29 is 9.69 Å². The van der Waals surface area contributed by atoms with Gasteiger partial charge in [0.1, 0.15) is 0 Å². The Morgan fingerprint density at radius 1 is 0.926 bits per heavy atom. The molecule has 3 nitrogen and oxygen atoms in total. The normalized spacial score (nSPS) is 20.6. The number of benzene rings is 2. The highest BCUT2D eigenvalue weighted by Crippen LogP contribution is 2.20. The van der Waals surface area contributed by atoms with Crippen LogP contribution in [0.3, 0.4) is 0 Å². The van der Waals surface area contributed by atoms with Crippen LogP contribution >= 0.6 is 0 Å². The monoisotopic (exact) mass is 361 g/mol. The van der Waals surface area contributed by atoms with Gasteiger partial charge >= 0.3 is 0 Å². The van der Waals surface area contributed by atoms with Gasteiger partial charge < -0.3 is 9.80 Å². The van der Waals surface area contributed by atoms with E-state index < -0.39 is 0 Å². The van der Waals surface area contributed by atoms with E-state index in [4.69, 9.17) is 0 Å². The third-order valence-electron chi connectivity index (χ3n) is 5.95. The van der Waals surface area contributed by atoms with E-state index >= 15 is 0 Å². The minimum atomic E-state index is 0.175. The summed E-state index contributed by atoms with van der Waals surface area (Å²) in [7, 11) is 0. The van der Waals surface area contributed by atoms with Crippen molar-refractivity contribution in [3.63, 3.8) is 0 Å². The zero-order valence-electron chi connectivity index (χ0n) is 15.9. The molecule has 1 N–H and O–H groups in total. The number of allylic oxidation sites excluding steroid dienone is 2. The maximum absolute atomic E-state index is 12.9. The molecule has 0 spiro atoms. The number of nitrogens with one attached hydrogen (secondary N) is 1. The summed E-state index contributed by atoms with van der Waals surface area (Å²) in [6.07, 6.45) is 8.45. The first-order valence-electron chi connectivity index (χ1n) is 10.2. The highest BCUT2D eigenvalue weighted by Gasteiger charge is 2.26. The van der Waals surface area contributed by atoms with Crippen LogP contribution in [-0.2, 0) is 0 Å². The first-order valence-corrected chi connectivity index (χ1v) is 10.2. The molecule has 3 heteroatoms. The topological polar surface area (TPSA) is 24.8 Å². The molecule has 1 fully saturated rings. The SMILES string of the molecule is O=C(c1ccc(-c2ccccc2)cc1)N1CC[NH+](C[C@H]2CC=CCC2)CC1. The quantitative estimate of drug-likeness (QED) is 0.832. The highest BCUT2D eigenvalue weighted by molar-refractivity contribution is 5.94. The Kier molecular flexibility index (Phi) is 5.69. The van der Waals surface area contributed by atoms with Gasteiger partial charge in [0.05, 0.1) is 32.7 Å². The molecule has 4 rings (SSSR count). The second-order valence-electron chi connectivity index (χ2n) is 7.84. The number of carbonyl (C=O) groups excluding carboxylic acids is 1. The Bertz CT molecular complexity index is 774. The van der Waals surface area contributed by atoms with Crippen molar-refractivity contribution in [2.24, 2.45) is 5.92 Å². The molecule has 0 unspecified atom stereocenters. The average molecular weight is 362 g/mol.